The van der Waals surface area contributed by atoms with Crippen molar-refractivity contribution < 1.29 is 8.78 Å². The van der Waals surface area contributed by atoms with E-state index in [2.05, 4.69) is 17.6 Å². The Morgan fingerprint density at radius 3 is 2.71 bits per heavy atom. The van der Waals surface area contributed by atoms with E-state index in [-0.39, 0.29) is 5.92 Å². The molecule has 0 amide bonds. The van der Waals surface area contributed by atoms with Gasteiger partial charge in [0, 0.05) is 11.5 Å². The predicted octanol–water partition coefficient (Wildman–Crippen LogP) is 3.59. The highest BCUT2D eigenvalue weighted by molar-refractivity contribution is 5.36. The van der Waals surface area contributed by atoms with E-state index in [1.54, 1.807) is 6.07 Å². The minimum atomic E-state index is -0.836. The Hall–Kier alpha value is -1.78. The topological polar surface area (TPSA) is 38.0 Å². The summed E-state index contributed by atoms with van der Waals surface area (Å²) in [5, 5.41) is 0. The van der Waals surface area contributed by atoms with Crippen molar-refractivity contribution in [2.45, 2.75) is 31.2 Å². The fraction of sp³-hybridized carbons (Fsp3) is 0.294. The van der Waals surface area contributed by atoms with Gasteiger partial charge >= 0.3 is 0 Å². The van der Waals surface area contributed by atoms with Crippen LogP contribution in [0.25, 0.3) is 0 Å². The number of fused-ring (bicyclic) bond motifs is 1. The first-order valence-electron chi connectivity index (χ1n) is 7.20. The molecule has 0 saturated carbocycles. The van der Waals surface area contributed by atoms with Crippen LogP contribution in [-0.2, 0) is 6.42 Å². The lowest BCUT2D eigenvalue weighted by Crippen LogP contribution is -2.34. The molecular formula is C17H18F2N2. The average Bonchev–Trinajstić information content (AvgIpc) is 2.52. The second-order valence-corrected chi connectivity index (χ2v) is 5.48. The smallest absolute Gasteiger partial charge is 0.163 e. The first-order valence-corrected chi connectivity index (χ1v) is 7.20. The van der Waals surface area contributed by atoms with E-state index in [0.717, 1.165) is 25.3 Å². The van der Waals surface area contributed by atoms with Gasteiger partial charge in [0.1, 0.15) is 0 Å². The average molecular weight is 288 g/mol. The van der Waals surface area contributed by atoms with Crippen LogP contribution in [-0.4, -0.2) is 0 Å². The van der Waals surface area contributed by atoms with Crippen molar-refractivity contribution in [3.05, 3.63) is 70.8 Å². The van der Waals surface area contributed by atoms with E-state index < -0.39 is 17.7 Å². The van der Waals surface area contributed by atoms with Gasteiger partial charge in [0.15, 0.2) is 11.6 Å². The quantitative estimate of drug-likeness (QED) is 0.669. The summed E-state index contributed by atoms with van der Waals surface area (Å²) in [5.74, 6) is 4.07. The van der Waals surface area contributed by atoms with E-state index in [4.69, 9.17) is 5.84 Å². The minimum Gasteiger partial charge on any atom is -0.271 e. The van der Waals surface area contributed by atoms with Gasteiger partial charge in [-0.25, -0.2) is 8.78 Å². The maximum atomic E-state index is 14.1. The number of hydrogen-bond donors (Lipinski definition) is 2. The largest absolute Gasteiger partial charge is 0.271 e. The number of rotatable bonds is 3. The van der Waals surface area contributed by atoms with Crippen LogP contribution < -0.4 is 11.3 Å². The zero-order valence-electron chi connectivity index (χ0n) is 11.7. The minimum absolute atomic E-state index is 0.0521. The lowest BCUT2D eigenvalue weighted by molar-refractivity contribution is 0.387. The molecule has 21 heavy (non-hydrogen) atoms. The zero-order chi connectivity index (χ0) is 14.8. The molecule has 0 spiro atoms. The number of aryl methyl sites for hydroxylation is 1. The van der Waals surface area contributed by atoms with Gasteiger partial charge in [-0.05, 0) is 36.5 Å². The Morgan fingerprint density at radius 1 is 1.10 bits per heavy atom. The van der Waals surface area contributed by atoms with Crippen LogP contribution in [0, 0.1) is 11.6 Å². The maximum absolute atomic E-state index is 14.1. The summed E-state index contributed by atoms with van der Waals surface area (Å²) < 4.78 is 27.6. The molecule has 0 fully saturated rings. The molecule has 3 N–H and O–H groups in total. The second kappa shape index (κ2) is 5.92. The van der Waals surface area contributed by atoms with Crippen LogP contribution in [0.3, 0.4) is 0 Å². The molecular weight excluding hydrogens is 270 g/mol. The second-order valence-electron chi connectivity index (χ2n) is 5.48. The van der Waals surface area contributed by atoms with Crippen LogP contribution >= 0.6 is 0 Å². The number of halogens is 2. The van der Waals surface area contributed by atoms with E-state index >= 15 is 0 Å². The van der Waals surface area contributed by atoms with Crippen molar-refractivity contribution in [1.29, 1.82) is 0 Å². The third-order valence-electron chi connectivity index (χ3n) is 4.31. The lowest BCUT2D eigenvalue weighted by Gasteiger charge is -2.32. The monoisotopic (exact) mass is 288 g/mol. The Morgan fingerprint density at radius 2 is 1.90 bits per heavy atom. The Bertz CT molecular complexity index is 642. The van der Waals surface area contributed by atoms with Crippen LogP contribution in [0.2, 0.25) is 0 Å². The first-order chi connectivity index (χ1) is 10.2. The number of hydrazine groups is 1. The first kappa shape index (κ1) is 14.2. The Labute approximate surface area is 122 Å². The molecule has 0 radical (unpaired) electrons. The van der Waals surface area contributed by atoms with E-state index in [9.17, 15) is 8.78 Å². The third kappa shape index (κ3) is 2.57. The molecule has 2 atom stereocenters. The number of hydrogen-bond acceptors (Lipinski definition) is 2. The van der Waals surface area contributed by atoms with Gasteiger partial charge < -0.3 is 0 Å². The van der Waals surface area contributed by atoms with Gasteiger partial charge in [0.05, 0.1) is 6.04 Å². The highest BCUT2D eigenvalue weighted by atomic mass is 19.2. The Balaban J connectivity index is 2.04. The molecule has 110 valence electrons. The fourth-order valence-electron chi connectivity index (χ4n) is 3.32. The van der Waals surface area contributed by atoms with Gasteiger partial charge in [-0.3, -0.25) is 11.3 Å². The number of nitrogens with one attached hydrogen (secondary N) is 1. The van der Waals surface area contributed by atoms with Crippen molar-refractivity contribution in [2.75, 3.05) is 0 Å². The summed E-state index contributed by atoms with van der Waals surface area (Å²) in [4.78, 5) is 0. The molecule has 1 aliphatic rings. The zero-order valence-corrected chi connectivity index (χ0v) is 11.7. The normalized spacial score (nSPS) is 19.1. The van der Waals surface area contributed by atoms with Crippen molar-refractivity contribution in [3.63, 3.8) is 0 Å². The summed E-state index contributed by atoms with van der Waals surface area (Å²) in [6, 6.07) is 12.0. The molecule has 0 saturated heterocycles. The number of nitrogens with two attached hydrogens (primary N) is 1. The molecule has 0 bridgehead atoms. The summed E-state index contributed by atoms with van der Waals surface area (Å²) >= 11 is 0. The molecule has 2 unspecified atom stereocenters. The van der Waals surface area contributed by atoms with Crippen LogP contribution in [0.15, 0.2) is 42.5 Å². The van der Waals surface area contributed by atoms with Gasteiger partial charge in [-0.2, -0.15) is 0 Å². The van der Waals surface area contributed by atoms with Crippen LogP contribution in [0.5, 0.6) is 0 Å². The highest BCUT2D eigenvalue weighted by Gasteiger charge is 2.30. The molecule has 0 heterocycles. The summed E-state index contributed by atoms with van der Waals surface area (Å²) in [5.41, 5.74) is 5.43. The van der Waals surface area contributed by atoms with E-state index in [0.29, 0.717) is 5.56 Å². The Kier molecular flexibility index (Phi) is 3.99. The highest BCUT2D eigenvalue weighted by Crippen LogP contribution is 2.40. The fourth-order valence-corrected chi connectivity index (χ4v) is 3.32. The lowest BCUT2D eigenvalue weighted by atomic mass is 9.77. The molecule has 0 aromatic heterocycles. The SMILES string of the molecule is NNC(c1cccc(F)c1F)C1CCCc2ccccc21. The molecule has 4 heteroatoms. The summed E-state index contributed by atoms with van der Waals surface area (Å²) in [7, 11) is 0. The van der Waals surface area contributed by atoms with E-state index in [1.807, 2.05) is 12.1 Å². The van der Waals surface area contributed by atoms with E-state index in [1.165, 1.54) is 17.2 Å². The summed E-state index contributed by atoms with van der Waals surface area (Å²) in [6.07, 6.45) is 2.95. The third-order valence-corrected chi connectivity index (χ3v) is 4.31. The maximum Gasteiger partial charge on any atom is 0.163 e. The van der Waals surface area contributed by atoms with Crippen molar-refractivity contribution in [1.82, 2.24) is 5.43 Å². The van der Waals surface area contributed by atoms with Crippen LogP contribution in [0.1, 0.15) is 41.5 Å². The molecule has 0 aliphatic heterocycles. The molecule has 2 nitrogen and oxygen atoms in total. The van der Waals surface area contributed by atoms with Gasteiger partial charge in [0.25, 0.3) is 0 Å². The van der Waals surface area contributed by atoms with Gasteiger partial charge in [-0.1, -0.05) is 36.4 Å². The molecule has 2 aromatic rings. The molecule has 1 aliphatic carbocycles. The van der Waals surface area contributed by atoms with Gasteiger partial charge in [0.2, 0.25) is 0 Å². The standard InChI is InChI=1S/C17H18F2N2/c18-15-10-4-9-14(16(15)19)17(21-20)13-8-3-6-11-5-1-2-7-12(11)13/h1-2,4-5,7,9-10,13,17,21H,3,6,8,20H2. The number of benzene rings is 2. The van der Waals surface area contributed by atoms with Gasteiger partial charge in [-0.15, -0.1) is 0 Å². The van der Waals surface area contributed by atoms with Crippen molar-refractivity contribution in [2.24, 2.45) is 5.84 Å². The van der Waals surface area contributed by atoms with Crippen molar-refractivity contribution in [3.8, 4) is 0 Å². The molecule has 3 rings (SSSR count). The summed E-state index contributed by atoms with van der Waals surface area (Å²) in [6.45, 7) is 0. The molecule has 2 aromatic carbocycles. The predicted molar refractivity (Wildman–Crippen MR) is 78.5 cm³/mol. The van der Waals surface area contributed by atoms with Crippen LogP contribution in [0.4, 0.5) is 8.78 Å². The van der Waals surface area contributed by atoms with Crippen molar-refractivity contribution >= 4 is 0 Å².